The number of fused-ring (bicyclic) bond motifs is 1. The molecule has 0 aliphatic heterocycles. The first-order valence-corrected chi connectivity index (χ1v) is 9.55. The third-order valence-electron chi connectivity index (χ3n) is 4.40. The van der Waals surface area contributed by atoms with Crippen LogP contribution in [0.25, 0.3) is 10.8 Å². The fraction of sp³-hybridized carbons (Fsp3) is 0.0870. The Balaban J connectivity index is 1.80. The maximum atomic E-state index is 12.2. The second-order valence-corrected chi connectivity index (χ2v) is 6.97. The minimum absolute atomic E-state index is 0.0418. The van der Waals surface area contributed by atoms with Crippen LogP contribution in [-0.2, 0) is 4.79 Å². The summed E-state index contributed by atoms with van der Waals surface area (Å²) in [4.78, 5) is 23.0. The molecule has 156 valence electrons. The molecular weight excluding hydrogens is 418 g/mol. The molecule has 3 aromatic carbocycles. The van der Waals surface area contributed by atoms with E-state index >= 15 is 0 Å². The molecule has 1 atom stereocenters. The Labute approximate surface area is 183 Å². The van der Waals surface area contributed by atoms with Crippen molar-refractivity contribution in [2.75, 3.05) is 0 Å². The van der Waals surface area contributed by atoms with Gasteiger partial charge in [-0.25, -0.2) is 5.43 Å². The molecule has 0 aromatic heterocycles. The minimum Gasteiger partial charge on any atom is -0.506 e. The largest absolute Gasteiger partial charge is 0.506 e. The molecule has 5 N–H and O–H groups in total. The smallest absolute Gasteiger partial charge is 0.321 e. The maximum Gasteiger partial charge on any atom is 0.321 e. The highest BCUT2D eigenvalue weighted by Gasteiger charge is 2.09. The number of hydrogen-bond donors (Lipinski definition) is 4. The first-order chi connectivity index (χ1) is 14.9. The monoisotopic (exact) mass is 435 g/mol. The molecule has 31 heavy (non-hydrogen) atoms. The lowest BCUT2D eigenvalue weighted by molar-refractivity contribution is -0.138. The average Bonchev–Trinajstić information content (AvgIpc) is 2.76. The number of rotatable bonds is 5. The number of carbonyl (C=O) groups is 2. The van der Waals surface area contributed by atoms with Crippen LogP contribution in [0.1, 0.15) is 27.9 Å². The Morgan fingerprint density at radius 2 is 1.90 bits per heavy atom. The Morgan fingerprint density at radius 3 is 2.61 bits per heavy atom. The molecular formula is C23H18ClN3O4. The lowest BCUT2D eigenvalue weighted by Gasteiger charge is -2.05. The number of hydrazone groups is 1. The van der Waals surface area contributed by atoms with E-state index in [1.54, 1.807) is 12.1 Å². The maximum absolute atomic E-state index is 12.2. The van der Waals surface area contributed by atoms with Crippen molar-refractivity contribution in [1.82, 2.24) is 5.43 Å². The normalized spacial score (nSPS) is 11.7. The number of halogens is 1. The van der Waals surface area contributed by atoms with E-state index in [4.69, 9.17) is 22.4 Å². The van der Waals surface area contributed by atoms with Crippen molar-refractivity contribution in [2.24, 2.45) is 10.8 Å². The fourth-order valence-corrected chi connectivity index (χ4v) is 2.94. The van der Waals surface area contributed by atoms with Crippen molar-refractivity contribution >= 4 is 40.5 Å². The standard InChI is InChI=1S/C23H18ClN3O4/c24-19-12-15(10-11-21(19)28)22(29)27-26-13-16-9-8-14(4-3-7-20(25)23(30)31)17-5-1-2-6-18(16)17/h1-2,5-6,8-13,20,28H,7,25H2,(H,27,29)(H,30,31)/b26-13+. The number of phenols is 1. The van der Waals surface area contributed by atoms with Crippen molar-refractivity contribution in [2.45, 2.75) is 12.5 Å². The van der Waals surface area contributed by atoms with Gasteiger partial charge in [0.2, 0.25) is 0 Å². The van der Waals surface area contributed by atoms with Crippen LogP contribution in [0.4, 0.5) is 0 Å². The lowest BCUT2D eigenvalue weighted by Crippen LogP contribution is -2.29. The predicted molar refractivity (Wildman–Crippen MR) is 119 cm³/mol. The Hall–Kier alpha value is -3.86. The molecule has 0 aliphatic carbocycles. The first-order valence-electron chi connectivity index (χ1n) is 9.17. The van der Waals surface area contributed by atoms with Crippen molar-refractivity contribution < 1.29 is 19.8 Å². The SMILES string of the molecule is NC(CC#Cc1ccc(/C=N/NC(=O)c2ccc(O)c(Cl)c2)c2ccccc12)C(=O)O. The van der Waals surface area contributed by atoms with E-state index in [0.29, 0.717) is 0 Å². The summed E-state index contributed by atoms with van der Waals surface area (Å²) in [5.74, 6) is 4.09. The highest BCUT2D eigenvalue weighted by atomic mass is 35.5. The summed E-state index contributed by atoms with van der Waals surface area (Å²) < 4.78 is 0. The highest BCUT2D eigenvalue weighted by Crippen LogP contribution is 2.24. The number of aromatic hydroxyl groups is 1. The van der Waals surface area contributed by atoms with Gasteiger partial charge >= 0.3 is 5.97 Å². The van der Waals surface area contributed by atoms with Gasteiger partial charge in [0, 0.05) is 23.1 Å². The van der Waals surface area contributed by atoms with Crippen LogP contribution in [0, 0.1) is 11.8 Å². The number of benzene rings is 3. The molecule has 0 bridgehead atoms. The van der Waals surface area contributed by atoms with Crippen LogP contribution >= 0.6 is 11.6 Å². The van der Waals surface area contributed by atoms with E-state index in [2.05, 4.69) is 22.4 Å². The number of nitrogens with one attached hydrogen (secondary N) is 1. The van der Waals surface area contributed by atoms with Gasteiger partial charge in [-0.1, -0.05) is 53.8 Å². The van der Waals surface area contributed by atoms with Gasteiger partial charge in [0.15, 0.2) is 0 Å². The number of nitrogens with two attached hydrogens (primary N) is 1. The number of carbonyl (C=O) groups excluding carboxylic acids is 1. The summed E-state index contributed by atoms with van der Waals surface area (Å²) in [5, 5.41) is 24.1. The molecule has 0 radical (unpaired) electrons. The van der Waals surface area contributed by atoms with Crippen molar-refractivity contribution in [1.29, 1.82) is 0 Å². The van der Waals surface area contributed by atoms with E-state index in [1.807, 2.05) is 24.3 Å². The van der Waals surface area contributed by atoms with Crippen LogP contribution in [-0.4, -0.2) is 34.3 Å². The summed E-state index contributed by atoms with van der Waals surface area (Å²) in [7, 11) is 0. The van der Waals surface area contributed by atoms with Gasteiger partial charge in [0.25, 0.3) is 5.91 Å². The number of carboxylic acid groups (broad SMARTS) is 1. The van der Waals surface area contributed by atoms with E-state index in [9.17, 15) is 14.7 Å². The van der Waals surface area contributed by atoms with Gasteiger partial charge in [0.1, 0.15) is 11.8 Å². The zero-order chi connectivity index (χ0) is 22.4. The molecule has 1 amide bonds. The fourth-order valence-electron chi connectivity index (χ4n) is 2.76. The molecule has 0 spiro atoms. The van der Waals surface area contributed by atoms with Gasteiger partial charge in [-0.3, -0.25) is 9.59 Å². The van der Waals surface area contributed by atoms with Crippen molar-refractivity contribution in [3.8, 4) is 17.6 Å². The molecule has 1 unspecified atom stereocenters. The quantitative estimate of drug-likeness (QED) is 0.278. The molecule has 0 saturated carbocycles. The molecule has 8 heteroatoms. The van der Waals surface area contributed by atoms with Crippen LogP contribution in [0.15, 0.2) is 59.7 Å². The number of amides is 1. The molecule has 0 fully saturated rings. The first kappa shape index (κ1) is 21.8. The highest BCUT2D eigenvalue weighted by molar-refractivity contribution is 6.32. The van der Waals surface area contributed by atoms with Gasteiger partial charge in [-0.2, -0.15) is 5.10 Å². The topological polar surface area (TPSA) is 125 Å². The van der Waals surface area contributed by atoms with Crippen molar-refractivity contribution in [3.63, 3.8) is 0 Å². The second kappa shape index (κ2) is 9.76. The van der Waals surface area contributed by atoms with E-state index in [0.717, 1.165) is 21.9 Å². The zero-order valence-electron chi connectivity index (χ0n) is 16.2. The summed E-state index contributed by atoms with van der Waals surface area (Å²) in [6.45, 7) is 0. The number of nitrogens with zero attached hydrogens (tertiary/aromatic N) is 1. The minimum atomic E-state index is -1.10. The van der Waals surface area contributed by atoms with E-state index in [1.165, 1.54) is 24.4 Å². The summed E-state index contributed by atoms with van der Waals surface area (Å²) >= 11 is 5.82. The summed E-state index contributed by atoms with van der Waals surface area (Å²) in [6, 6.07) is 14.2. The molecule has 0 aliphatic rings. The van der Waals surface area contributed by atoms with E-state index in [-0.39, 0.29) is 22.8 Å². The summed E-state index contributed by atoms with van der Waals surface area (Å²) in [6.07, 6.45) is 1.56. The molecule has 7 nitrogen and oxygen atoms in total. The molecule has 0 saturated heterocycles. The number of carboxylic acids is 1. The number of phenolic OH excluding ortho intramolecular Hbond substituents is 1. The number of aliphatic carboxylic acids is 1. The zero-order valence-corrected chi connectivity index (χ0v) is 16.9. The van der Waals surface area contributed by atoms with Gasteiger partial charge in [0.05, 0.1) is 11.2 Å². The Kier molecular flexibility index (Phi) is 6.88. The van der Waals surface area contributed by atoms with E-state index < -0.39 is 17.9 Å². The number of hydrogen-bond acceptors (Lipinski definition) is 5. The van der Waals surface area contributed by atoms with Crippen LogP contribution in [0.2, 0.25) is 5.02 Å². The lowest BCUT2D eigenvalue weighted by atomic mass is 10.00. The van der Waals surface area contributed by atoms with Crippen LogP contribution < -0.4 is 11.2 Å². The second-order valence-electron chi connectivity index (χ2n) is 6.56. The predicted octanol–water partition coefficient (Wildman–Crippen LogP) is 3.12. The van der Waals surface area contributed by atoms with Crippen LogP contribution in [0.5, 0.6) is 5.75 Å². The average molecular weight is 436 g/mol. The summed E-state index contributed by atoms with van der Waals surface area (Å²) in [5.41, 5.74) is 9.65. The van der Waals surface area contributed by atoms with Crippen molar-refractivity contribution in [3.05, 3.63) is 76.3 Å². The Bertz CT molecular complexity index is 1240. The third-order valence-corrected chi connectivity index (χ3v) is 4.70. The Morgan fingerprint density at radius 1 is 1.16 bits per heavy atom. The van der Waals surface area contributed by atoms with Gasteiger partial charge in [-0.05, 0) is 35.0 Å². The molecule has 3 rings (SSSR count). The third kappa shape index (κ3) is 5.39. The van der Waals surface area contributed by atoms with Gasteiger partial charge in [-0.15, -0.1) is 0 Å². The van der Waals surface area contributed by atoms with Gasteiger partial charge < -0.3 is 15.9 Å². The van der Waals surface area contributed by atoms with Crippen LogP contribution in [0.3, 0.4) is 0 Å². The molecule has 0 heterocycles. The molecule has 3 aromatic rings.